The number of piperidine rings is 1. The molecular weight excluding hydrogens is 192 g/mol. The van der Waals surface area contributed by atoms with Gasteiger partial charge in [-0.25, -0.2) is 0 Å². The van der Waals surface area contributed by atoms with Crippen molar-refractivity contribution >= 4 is 5.97 Å². The lowest BCUT2D eigenvalue weighted by molar-refractivity contribution is -0.139. The van der Waals surface area contributed by atoms with Gasteiger partial charge in [0, 0.05) is 18.6 Å². The van der Waals surface area contributed by atoms with E-state index >= 15 is 0 Å². The predicted molar refractivity (Wildman–Crippen MR) is 57.8 cm³/mol. The zero-order valence-electron chi connectivity index (χ0n) is 9.52. The van der Waals surface area contributed by atoms with E-state index in [9.17, 15) is 4.79 Å². The molecule has 3 unspecified atom stereocenters. The second-order valence-corrected chi connectivity index (χ2v) is 4.97. The van der Waals surface area contributed by atoms with Crippen LogP contribution < -0.4 is 0 Å². The summed E-state index contributed by atoms with van der Waals surface area (Å²) in [7, 11) is 4.22. The first-order valence-electron chi connectivity index (χ1n) is 5.73. The molecule has 1 aliphatic carbocycles. The highest BCUT2D eigenvalue weighted by atomic mass is 16.4. The lowest BCUT2D eigenvalue weighted by Gasteiger charge is -2.36. The van der Waals surface area contributed by atoms with Gasteiger partial charge in [0.15, 0.2) is 0 Å². The fourth-order valence-electron chi connectivity index (χ4n) is 2.64. The highest BCUT2D eigenvalue weighted by Crippen LogP contribution is 2.37. The molecule has 0 amide bonds. The molecule has 1 heterocycles. The van der Waals surface area contributed by atoms with Crippen LogP contribution in [0.5, 0.6) is 0 Å². The molecule has 2 fully saturated rings. The highest BCUT2D eigenvalue weighted by molar-refractivity contribution is 5.74. The number of hydrogen-bond acceptors (Lipinski definition) is 3. The Balaban J connectivity index is 1.86. The van der Waals surface area contributed by atoms with Crippen LogP contribution in [0.25, 0.3) is 0 Å². The summed E-state index contributed by atoms with van der Waals surface area (Å²) < 4.78 is 0. The maximum absolute atomic E-state index is 10.8. The van der Waals surface area contributed by atoms with Crippen LogP contribution in [0.2, 0.25) is 0 Å². The van der Waals surface area contributed by atoms with Crippen LogP contribution in [0, 0.1) is 5.92 Å². The van der Waals surface area contributed by atoms with Crippen molar-refractivity contribution in [3.8, 4) is 0 Å². The molecule has 2 aliphatic rings. The molecule has 2 rings (SSSR count). The summed E-state index contributed by atoms with van der Waals surface area (Å²) in [5.74, 6) is -0.738. The van der Waals surface area contributed by atoms with Crippen molar-refractivity contribution < 1.29 is 9.90 Å². The molecule has 0 spiro atoms. The molecule has 0 bridgehead atoms. The molecule has 1 saturated carbocycles. The monoisotopic (exact) mass is 212 g/mol. The molecule has 1 saturated heterocycles. The summed E-state index contributed by atoms with van der Waals surface area (Å²) in [4.78, 5) is 15.4. The lowest BCUT2D eigenvalue weighted by Crippen LogP contribution is -2.46. The normalized spacial score (nSPS) is 36.9. The predicted octanol–water partition coefficient (Wildman–Crippen LogP) is 0.485. The van der Waals surface area contributed by atoms with Gasteiger partial charge in [-0.1, -0.05) is 0 Å². The van der Waals surface area contributed by atoms with Gasteiger partial charge in [-0.05, 0) is 39.9 Å². The van der Waals surface area contributed by atoms with Gasteiger partial charge in [-0.15, -0.1) is 0 Å². The maximum Gasteiger partial charge on any atom is 0.308 e. The van der Waals surface area contributed by atoms with Gasteiger partial charge in [0.1, 0.15) is 0 Å². The van der Waals surface area contributed by atoms with Crippen molar-refractivity contribution in [2.75, 3.05) is 27.2 Å². The third-order valence-electron chi connectivity index (χ3n) is 3.77. The van der Waals surface area contributed by atoms with E-state index in [-0.39, 0.29) is 5.92 Å². The number of aliphatic carboxylic acids is 1. The Bertz CT molecular complexity index is 257. The van der Waals surface area contributed by atoms with Gasteiger partial charge >= 0.3 is 5.97 Å². The third kappa shape index (κ3) is 2.32. The second-order valence-electron chi connectivity index (χ2n) is 4.97. The number of likely N-dealkylation sites (N-methyl/N-ethyl adjacent to an activating group) is 2. The van der Waals surface area contributed by atoms with E-state index in [1.54, 1.807) is 0 Å². The smallest absolute Gasteiger partial charge is 0.308 e. The van der Waals surface area contributed by atoms with Gasteiger partial charge in [0.05, 0.1) is 5.92 Å². The van der Waals surface area contributed by atoms with Gasteiger partial charge in [-0.3, -0.25) is 9.69 Å². The average Bonchev–Trinajstić information content (AvgIpc) is 2.96. The molecule has 0 aromatic carbocycles. The number of carbonyl (C=O) groups is 1. The van der Waals surface area contributed by atoms with Crippen molar-refractivity contribution in [1.29, 1.82) is 0 Å². The van der Waals surface area contributed by atoms with E-state index in [0.29, 0.717) is 12.1 Å². The fourth-order valence-corrected chi connectivity index (χ4v) is 2.64. The fraction of sp³-hybridized carbons (Fsp3) is 0.909. The van der Waals surface area contributed by atoms with Gasteiger partial charge in [-0.2, -0.15) is 0 Å². The quantitative estimate of drug-likeness (QED) is 0.739. The molecule has 3 atom stereocenters. The van der Waals surface area contributed by atoms with Crippen molar-refractivity contribution in [3.05, 3.63) is 0 Å². The van der Waals surface area contributed by atoms with Gasteiger partial charge in [0.25, 0.3) is 0 Å². The zero-order valence-corrected chi connectivity index (χ0v) is 9.52. The van der Waals surface area contributed by atoms with Gasteiger partial charge in [0.2, 0.25) is 0 Å². The minimum Gasteiger partial charge on any atom is -0.481 e. The molecule has 0 radical (unpaired) electrons. The van der Waals surface area contributed by atoms with Crippen LogP contribution in [0.3, 0.4) is 0 Å². The minimum atomic E-state index is -0.629. The highest BCUT2D eigenvalue weighted by Gasteiger charge is 2.47. The summed E-state index contributed by atoms with van der Waals surface area (Å²) in [6.45, 7) is 2.26. The Labute approximate surface area is 90.9 Å². The molecule has 4 heteroatoms. The Hall–Kier alpha value is -0.610. The van der Waals surface area contributed by atoms with Crippen molar-refractivity contribution in [3.63, 3.8) is 0 Å². The first-order valence-corrected chi connectivity index (χ1v) is 5.73. The topological polar surface area (TPSA) is 43.8 Å². The molecule has 0 aromatic heterocycles. The van der Waals surface area contributed by atoms with Crippen LogP contribution in [0.4, 0.5) is 0 Å². The molecule has 0 aromatic rings. The average molecular weight is 212 g/mol. The Morgan fingerprint density at radius 3 is 2.80 bits per heavy atom. The summed E-state index contributed by atoms with van der Waals surface area (Å²) in [5, 5.41) is 8.89. The molecule has 1 aliphatic heterocycles. The van der Waals surface area contributed by atoms with E-state index < -0.39 is 5.97 Å². The summed E-state index contributed by atoms with van der Waals surface area (Å²) in [6, 6.07) is 0.845. The van der Waals surface area contributed by atoms with E-state index in [4.69, 9.17) is 5.11 Å². The van der Waals surface area contributed by atoms with E-state index in [0.717, 1.165) is 13.0 Å². The first-order chi connectivity index (χ1) is 7.09. The maximum atomic E-state index is 10.8. The van der Waals surface area contributed by atoms with Crippen LogP contribution in [0.1, 0.15) is 19.3 Å². The zero-order chi connectivity index (χ0) is 11.0. The van der Waals surface area contributed by atoms with Crippen molar-refractivity contribution in [2.24, 2.45) is 5.92 Å². The van der Waals surface area contributed by atoms with Crippen LogP contribution in [-0.4, -0.2) is 60.1 Å². The standard InChI is InChI=1S/C11H20N2O2/c1-12-5-3-4-8(7-12)13(2)10-6-9(10)11(14)15/h8-10H,3-7H2,1-2H3,(H,14,15). The molecule has 4 nitrogen and oxygen atoms in total. The van der Waals surface area contributed by atoms with E-state index in [1.165, 1.54) is 19.4 Å². The minimum absolute atomic E-state index is 0.109. The summed E-state index contributed by atoms with van der Waals surface area (Å²) in [6.07, 6.45) is 3.28. The SMILES string of the molecule is CN1CCCC(N(C)C2CC2C(=O)O)C1. The van der Waals surface area contributed by atoms with Crippen LogP contribution in [-0.2, 0) is 4.79 Å². The van der Waals surface area contributed by atoms with Crippen LogP contribution in [0.15, 0.2) is 0 Å². The Morgan fingerprint density at radius 2 is 2.27 bits per heavy atom. The Morgan fingerprint density at radius 1 is 1.53 bits per heavy atom. The summed E-state index contributed by atoms with van der Waals surface area (Å²) in [5.41, 5.74) is 0. The molecule has 15 heavy (non-hydrogen) atoms. The Kier molecular flexibility index (Phi) is 2.98. The first kappa shape index (κ1) is 10.9. The second kappa shape index (κ2) is 4.10. The number of carboxylic acids is 1. The van der Waals surface area contributed by atoms with E-state index in [2.05, 4.69) is 23.9 Å². The number of carboxylic acid groups (broad SMARTS) is 1. The number of nitrogens with zero attached hydrogens (tertiary/aromatic N) is 2. The molecular formula is C11H20N2O2. The number of likely N-dealkylation sites (tertiary alicyclic amines) is 1. The van der Waals surface area contributed by atoms with Crippen molar-refractivity contribution in [2.45, 2.75) is 31.3 Å². The lowest BCUT2D eigenvalue weighted by atomic mass is 10.0. The third-order valence-corrected chi connectivity index (χ3v) is 3.77. The number of hydrogen-bond donors (Lipinski definition) is 1. The molecule has 86 valence electrons. The van der Waals surface area contributed by atoms with Crippen LogP contribution >= 0.6 is 0 Å². The largest absolute Gasteiger partial charge is 0.481 e. The van der Waals surface area contributed by atoms with Gasteiger partial charge < -0.3 is 10.0 Å². The number of rotatable bonds is 3. The van der Waals surface area contributed by atoms with Crippen molar-refractivity contribution in [1.82, 2.24) is 9.80 Å². The summed E-state index contributed by atoms with van der Waals surface area (Å²) >= 11 is 0. The molecule has 1 N–H and O–H groups in total. The van der Waals surface area contributed by atoms with E-state index in [1.807, 2.05) is 0 Å².